The van der Waals surface area contributed by atoms with Gasteiger partial charge in [0.15, 0.2) is 11.6 Å². The smallest absolute Gasteiger partial charge is 0.224 e. The molecule has 116 valence electrons. The van der Waals surface area contributed by atoms with Gasteiger partial charge in [-0.25, -0.2) is 9.37 Å². The van der Waals surface area contributed by atoms with Gasteiger partial charge in [0.25, 0.3) is 0 Å². The summed E-state index contributed by atoms with van der Waals surface area (Å²) in [5.74, 6) is 2.28. The van der Waals surface area contributed by atoms with Gasteiger partial charge in [-0.05, 0) is 31.1 Å². The maximum Gasteiger partial charge on any atom is 0.224 e. The minimum Gasteiger partial charge on any atom is -0.354 e. The van der Waals surface area contributed by atoms with Crippen LogP contribution in [0.3, 0.4) is 0 Å². The van der Waals surface area contributed by atoms with E-state index in [1.807, 2.05) is 0 Å². The number of nitrogens with zero attached hydrogens (tertiary/aromatic N) is 3. The lowest BCUT2D eigenvalue weighted by Gasteiger charge is -2.41. The number of rotatable bonds is 4. The van der Waals surface area contributed by atoms with Gasteiger partial charge in [-0.15, -0.1) is 0 Å². The molecule has 1 saturated carbocycles. The van der Waals surface area contributed by atoms with Crippen LogP contribution >= 0.6 is 0 Å². The van der Waals surface area contributed by atoms with Crippen LogP contribution in [-0.2, 0) is 0 Å². The summed E-state index contributed by atoms with van der Waals surface area (Å²) in [7, 11) is 0. The average Bonchev–Trinajstić information content (AvgIpc) is 2.53. The number of fused-ring (bicyclic) bond motifs is 1. The first kappa shape index (κ1) is 14.5. The molecule has 1 aromatic heterocycles. The summed E-state index contributed by atoms with van der Waals surface area (Å²) in [5, 5.41) is 3.14. The summed E-state index contributed by atoms with van der Waals surface area (Å²) in [5.41, 5.74) is 0. The number of hydrogen-bond acceptors (Lipinski definition) is 4. The van der Waals surface area contributed by atoms with Crippen LogP contribution in [-0.4, -0.2) is 29.6 Å². The Morgan fingerprint density at radius 1 is 1.29 bits per heavy atom. The molecule has 0 amide bonds. The SMILES string of the molecule is CCCNc1ncc(F)c(N2CCC3CCCCC3C2)n1. The normalized spacial score (nSPS) is 25.5. The monoisotopic (exact) mass is 292 g/mol. The Morgan fingerprint density at radius 2 is 2.10 bits per heavy atom. The lowest BCUT2D eigenvalue weighted by molar-refractivity contribution is 0.201. The van der Waals surface area contributed by atoms with Crippen LogP contribution in [0.5, 0.6) is 0 Å². The fourth-order valence-electron chi connectivity index (χ4n) is 3.70. The lowest BCUT2D eigenvalue weighted by atomic mass is 9.75. The molecule has 0 radical (unpaired) electrons. The van der Waals surface area contributed by atoms with Gasteiger partial charge in [-0.2, -0.15) is 4.98 Å². The van der Waals surface area contributed by atoms with Crippen LogP contribution in [0.1, 0.15) is 45.4 Å². The zero-order valence-corrected chi connectivity index (χ0v) is 12.8. The average molecular weight is 292 g/mol. The summed E-state index contributed by atoms with van der Waals surface area (Å²) < 4.78 is 14.1. The summed E-state index contributed by atoms with van der Waals surface area (Å²) in [6, 6.07) is 0. The highest BCUT2D eigenvalue weighted by Gasteiger charge is 2.32. The number of nitrogens with one attached hydrogen (secondary N) is 1. The van der Waals surface area contributed by atoms with E-state index in [-0.39, 0.29) is 5.82 Å². The molecule has 5 heteroatoms. The molecule has 2 atom stereocenters. The summed E-state index contributed by atoms with van der Waals surface area (Å²) in [6.45, 7) is 4.77. The zero-order valence-electron chi connectivity index (χ0n) is 12.8. The molecule has 2 fully saturated rings. The second kappa shape index (κ2) is 6.58. The Labute approximate surface area is 126 Å². The molecular formula is C16H25FN4. The van der Waals surface area contributed by atoms with Gasteiger partial charge >= 0.3 is 0 Å². The summed E-state index contributed by atoms with van der Waals surface area (Å²) in [4.78, 5) is 10.6. The van der Waals surface area contributed by atoms with E-state index in [2.05, 4.69) is 27.1 Å². The van der Waals surface area contributed by atoms with Crippen molar-refractivity contribution in [1.29, 1.82) is 0 Å². The molecule has 4 nitrogen and oxygen atoms in total. The minimum absolute atomic E-state index is 0.300. The van der Waals surface area contributed by atoms with Crippen LogP contribution in [0.25, 0.3) is 0 Å². The molecule has 0 aromatic carbocycles. The second-order valence-corrected chi connectivity index (χ2v) is 6.33. The van der Waals surface area contributed by atoms with Crippen LogP contribution in [0.2, 0.25) is 0 Å². The quantitative estimate of drug-likeness (QED) is 0.923. The Morgan fingerprint density at radius 3 is 2.90 bits per heavy atom. The predicted molar refractivity (Wildman–Crippen MR) is 83.0 cm³/mol. The molecule has 1 saturated heterocycles. The van der Waals surface area contributed by atoms with Gasteiger partial charge in [0, 0.05) is 19.6 Å². The lowest BCUT2D eigenvalue weighted by Crippen LogP contribution is -2.42. The maximum atomic E-state index is 14.1. The van der Waals surface area contributed by atoms with E-state index in [0.717, 1.165) is 32.0 Å². The van der Waals surface area contributed by atoms with E-state index < -0.39 is 0 Å². The van der Waals surface area contributed by atoms with E-state index in [1.54, 1.807) is 0 Å². The van der Waals surface area contributed by atoms with E-state index in [9.17, 15) is 4.39 Å². The molecule has 1 N–H and O–H groups in total. The molecule has 0 spiro atoms. The van der Waals surface area contributed by atoms with Gasteiger partial charge in [0.05, 0.1) is 6.20 Å². The van der Waals surface area contributed by atoms with Crippen molar-refractivity contribution < 1.29 is 4.39 Å². The van der Waals surface area contributed by atoms with Crippen molar-refractivity contribution in [3.05, 3.63) is 12.0 Å². The number of anilines is 2. The first-order valence-electron chi connectivity index (χ1n) is 8.29. The number of hydrogen-bond donors (Lipinski definition) is 1. The van der Waals surface area contributed by atoms with Crippen LogP contribution < -0.4 is 10.2 Å². The first-order valence-corrected chi connectivity index (χ1v) is 8.29. The Hall–Kier alpha value is -1.39. The van der Waals surface area contributed by atoms with Crippen molar-refractivity contribution >= 4 is 11.8 Å². The van der Waals surface area contributed by atoms with E-state index in [1.165, 1.54) is 38.3 Å². The Bertz CT molecular complexity index is 479. The van der Waals surface area contributed by atoms with Crippen molar-refractivity contribution in [2.24, 2.45) is 11.8 Å². The molecule has 21 heavy (non-hydrogen) atoms. The summed E-state index contributed by atoms with van der Waals surface area (Å²) >= 11 is 0. The van der Waals surface area contributed by atoms with Crippen molar-refractivity contribution in [2.75, 3.05) is 29.9 Å². The molecule has 1 aliphatic heterocycles. The summed E-state index contributed by atoms with van der Waals surface area (Å²) in [6.07, 6.45) is 8.81. The second-order valence-electron chi connectivity index (χ2n) is 6.33. The van der Waals surface area contributed by atoms with Gasteiger partial charge in [0.2, 0.25) is 5.95 Å². The number of halogens is 1. The Balaban J connectivity index is 1.73. The standard InChI is InChI=1S/C16H25FN4/c1-2-8-18-16-19-10-14(17)15(20-16)21-9-7-12-5-3-4-6-13(12)11-21/h10,12-13H,2-9,11H2,1H3,(H,18,19,20). The minimum atomic E-state index is -0.300. The fourth-order valence-corrected chi connectivity index (χ4v) is 3.70. The van der Waals surface area contributed by atoms with E-state index >= 15 is 0 Å². The molecular weight excluding hydrogens is 267 g/mol. The molecule has 2 unspecified atom stereocenters. The van der Waals surface area contributed by atoms with Crippen LogP contribution in [0, 0.1) is 17.7 Å². The molecule has 1 aromatic rings. The number of piperidine rings is 1. The van der Waals surface area contributed by atoms with Crippen molar-refractivity contribution in [3.63, 3.8) is 0 Å². The van der Waals surface area contributed by atoms with Crippen LogP contribution in [0.15, 0.2) is 6.20 Å². The third-order valence-corrected chi connectivity index (χ3v) is 4.85. The maximum absolute atomic E-state index is 14.1. The zero-order chi connectivity index (χ0) is 14.7. The molecule has 2 heterocycles. The van der Waals surface area contributed by atoms with Gasteiger partial charge in [-0.3, -0.25) is 0 Å². The predicted octanol–water partition coefficient (Wildman–Crippen LogP) is 3.45. The third kappa shape index (κ3) is 3.27. The fraction of sp³-hybridized carbons (Fsp3) is 0.750. The molecule has 2 aliphatic rings. The van der Waals surface area contributed by atoms with Crippen LogP contribution in [0.4, 0.5) is 16.2 Å². The highest BCUT2D eigenvalue weighted by molar-refractivity contribution is 5.44. The van der Waals surface area contributed by atoms with Gasteiger partial charge < -0.3 is 10.2 Å². The molecule has 0 bridgehead atoms. The highest BCUT2D eigenvalue weighted by Crippen LogP contribution is 2.37. The topological polar surface area (TPSA) is 41.1 Å². The van der Waals surface area contributed by atoms with Gasteiger partial charge in [-0.1, -0.05) is 26.2 Å². The number of aromatic nitrogens is 2. The third-order valence-electron chi connectivity index (χ3n) is 4.85. The first-order chi connectivity index (χ1) is 10.3. The Kier molecular flexibility index (Phi) is 4.56. The van der Waals surface area contributed by atoms with Crippen molar-refractivity contribution in [3.8, 4) is 0 Å². The van der Waals surface area contributed by atoms with E-state index in [4.69, 9.17) is 0 Å². The van der Waals surface area contributed by atoms with Gasteiger partial charge in [0.1, 0.15) is 0 Å². The van der Waals surface area contributed by atoms with E-state index in [0.29, 0.717) is 17.7 Å². The molecule has 3 rings (SSSR count). The largest absolute Gasteiger partial charge is 0.354 e. The molecule has 1 aliphatic carbocycles. The van der Waals surface area contributed by atoms with Crippen molar-refractivity contribution in [1.82, 2.24) is 9.97 Å². The van der Waals surface area contributed by atoms with Crippen molar-refractivity contribution in [2.45, 2.75) is 45.4 Å². The highest BCUT2D eigenvalue weighted by atomic mass is 19.1.